The van der Waals surface area contributed by atoms with Crippen LogP contribution in [0.1, 0.15) is 24.3 Å². The van der Waals surface area contributed by atoms with Crippen LogP contribution in [0.3, 0.4) is 0 Å². The molecular formula is C21H18ClN5. The molecule has 3 aliphatic rings. The van der Waals surface area contributed by atoms with Crippen LogP contribution < -0.4 is 5.73 Å². The van der Waals surface area contributed by atoms with Crippen LogP contribution in [0.4, 0.5) is 0 Å². The van der Waals surface area contributed by atoms with E-state index in [0.29, 0.717) is 10.6 Å². The largest absolute Gasteiger partial charge is 0.399 e. The molecule has 4 atom stereocenters. The highest BCUT2D eigenvalue weighted by Gasteiger charge is 2.57. The topological polar surface area (TPSA) is 101 Å². The molecule has 1 saturated heterocycles. The molecular weight excluding hydrogens is 358 g/mol. The third-order valence-corrected chi connectivity index (χ3v) is 6.68. The lowest BCUT2D eigenvalue weighted by atomic mass is 9.58. The summed E-state index contributed by atoms with van der Waals surface area (Å²) in [6.45, 7) is 0. The van der Waals surface area contributed by atoms with Crippen LogP contribution in [0.25, 0.3) is 0 Å². The minimum atomic E-state index is -1.57. The average molecular weight is 376 g/mol. The monoisotopic (exact) mass is 375 g/mol. The van der Waals surface area contributed by atoms with Gasteiger partial charge in [0, 0.05) is 28.9 Å². The molecule has 6 heteroatoms. The Kier molecular flexibility index (Phi) is 4.01. The van der Waals surface area contributed by atoms with Gasteiger partial charge in [-0.25, -0.2) is 0 Å². The Morgan fingerprint density at radius 2 is 1.81 bits per heavy atom. The van der Waals surface area contributed by atoms with Gasteiger partial charge in [-0.05, 0) is 43.2 Å². The Hall–Kier alpha value is -2.78. The average Bonchev–Trinajstić information content (AvgIpc) is 2.91. The Bertz CT molecular complexity index is 971. The van der Waals surface area contributed by atoms with Crippen LogP contribution >= 0.6 is 11.6 Å². The number of fused-ring (bicyclic) bond motifs is 4. The molecule has 2 N–H and O–H groups in total. The molecule has 0 aromatic heterocycles. The number of likely N-dealkylation sites (N-methyl/N-ethyl adjacent to an activating group) is 1. The van der Waals surface area contributed by atoms with E-state index >= 15 is 0 Å². The summed E-state index contributed by atoms with van der Waals surface area (Å²) in [7, 11) is 2.07. The minimum absolute atomic E-state index is 0.0707. The summed E-state index contributed by atoms with van der Waals surface area (Å²) >= 11 is 6.06. The van der Waals surface area contributed by atoms with Crippen molar-refractivity contribution in [2.24, 2.45) is 17.1 Å². The predicted octanol–water partition coefficient (Wildman–Crippen LogP) is 3.23. The quantitative estimate of drug-likeness (QED) is 0.759. The van der Waals surface area contributed by atoms with E-state index in [-0.39, 0.29) is 29.6 Å². The Balaban J connectivity index is 2.03. The van der Waals surface area contributed by atoms with Crippen LogP contribution in [0.2, 0.25) is 5.02 Å². The second-order valence-corrected chi connectivity index (χ2v) is 7.90. The van der Waals surface area contributed by atoms with E-state index in [9.17, 15) is 15.8 Å². The number of hydrogen-bond acceptors (Lipinski definition) is 5. The van der Waals surface area contributed by atoms with E-state index < -0.39 is 5.41 Å². The van der Waals surface area contributed by atoms with Crippen molar-refractivity contribution in [3.05, 3.63) is 57.8 Å². The molecule has 5 nitrogen and oxygen atoms in total. The Morgan fingerprint density at radius 1 is 1.15 bits per heavy atom. The first-order valence-electron chi connectivity index (χ1n) is 8.90. The summed E-state index contributed by atoms with van der Waals surface area (Å²) in [5.74, 6) is -0.434. The first kappa shape index (κ1) is 17.6. The van der Waals surface area contributed by atoms with Gasteiger partial charge in [0.25, 0.3) is 0 Å². The first-order chi connectivity index (χ1) is 13.0. The molecule has 0 amide bonds. The SMILES string of the molecule is CN1C2C=C3[C@H](C1CC2)[C@H](c1ccc(Cl)cc1)C(C#N)=C(N)C3(C#N)C#N. The van der Waals surface area contributed by atoms with E-state index in [1.165, 1.54) is 0 Å². The lowest BCUT2D eigenvalue weighted by Gasteiger charge is -2.48. The van der Waals surface area contributed by atoms with Crippen molar-refractivity contribution >= 4 is 11.6 Å². The Morgan fingerprint density at radius 3 is 2.41 bits per heavy atom. The maximum atomic E-state index is 9.95. The standard InChI is InChI=1S/C21H18ClN5/c1-27-14-6-7-17(27)19-16(8-14)21(10-24,11-25)20(26)15(9-23)18(19)12-2-4-13(22)5-3-12/h2-5,8,14,17-19H,6-7,26H2,1H3/t14?,17?,18-,19-/m1/s1. The fourth-order valence-electron chi connectivity index (χ4n) is 5.08. The second-order valence-electron chi connectivity index (χ2n) is 7.47. The smallest absolute Gasteiger partial charge is 0.204 e. The maximum Gasteiger partial charge on any atom is 0.204 e. The van der Waals surface area contributed by atoms with Gasteiger partial charge in [-0.1, -0.05) is 29.8 Å². The van der Waals surface area contributed by atoms with Crippen molar-refractivity contribution in [1.82, 2.24) is 4.90 Å². The lowest BCUT2D eigenvalue weighted by molar-refractivity contribution is 0.176. The van der Waals surface area contributed by atoms with Gasteiger partial charge in [-0.15, -0.1) is 0 Å². The number of hydrogen-bond donors (Lipinski definition) is 1. The molecule has 1 aromatic rings. The molecule has 134 valence electrons. The fraction of sp³-hybridized carbons (Fsp3) is 0.381. The molecule has 0 saturated carbocycles. The maximum absolute atomic E-state index is 9.95. The van der Waals surface area contributed by atoms with Crippen LogP contribution in [-0.2, 0) is 0 Å². The molecule has 2 bridgehead atoms. The molecule has 27 heavy (non-hydrogen) atoms. The molecule has 0 radical (unpaired) electrons. The fourth-order valence-corrected chi connectivity index (χ4v) is 5.21. The Labute approximate surface area is 163 Å². The number of allylic oxidation sites excluding steroid dienone is 2. The van der Waals surface area contributed by atoms with Crippen molar-refractivity contribution in [3.63, 3.8) is 0 Å². The molecule has 1 fully saturated rings. The molecule has 0 spiro atoms. The van der Waals surface area contributed by atoms with Crippen LogP contribution in [0.5, 0.6) is 0 Å². The summed E-state index contributed by atoms with van der Waals surface area (Å²) in [5.41, 5.74) is 6.84. The van der Waals surface area contributed by atoms with E-state index in [2.05, 4.69) is 30.2 Å². The number of benzene rings is 1. The normalized spacial score (nSPS) is 31.3. The van der Waals surface area contributed by atoms with Gasteiger partial charge in [-0.3, -0.25) is 4.90 Å². The number of nitrogens with two attached hydrogens (primary N) is 1. The molecule has 2 aliphatic heterocycles. The third kappa shape index (κ3) is 2.25. The van der Waals surface area contributed by atoms with Crippen molar-refractivity contribution < 1.29 is 0 Å². The number of nitriles is 3. The number of rotatable bonds is 1. The van der Waals surface area contributed by atoms with Gasteiger partial charge >= 0.3 is 0 Å². The predicted molar refractivity (Wildman–Crippen MR) is 101 cm³/mol. The van der Waals surface area contributed by atoms with Crippen molar-refractivity contribution in [2.75, 3.05) is 7.05 Å². The van der Waals surface area contributed by atoms with Gasteiger partial charge < -0.3 is 5.73 Å². The van der Waals surface area contributed by atoms with Crippen LogP contribution in [0.15, 0.2) is 47.2 Å². The van der Waals surface area contributed by atoms with E-state index in [1.54, 1.807) is 12.1 Å². The van der Waals surface area contributed by atoms with E-state index in [1.807, 2.05) is 18.2 Å². The molecule has 1 aliphatic carbocycles. The zero-order valence-electron chi connectivity index (χ0n) is 14.9. The van der Waals surface area contributed by atoms with Gasteiger partial charge in [0.2, 0.25) is 5.41 Å². The van der Waals surface area contributed by atoms with Gasteiger partial charge in [0.05, 0.1) is 29.5 Å². The van der Waals surface area contributed by atoms with Crippen LogP contribution in [0, 0.1) is 45.3 Å². The van der Waals surface area contributed by atoms with Crippen molar-refractivity contribution in [3.8, 4) is 18.2 Å². The molecule has 2 unspecified atom stereocenters. The summed E-state index contributed by atoms with van der Waals surface area (Å²) in [6.07, 6.45) is 3.98. The number of nitrogens with zero attached hydrogens (tertiary/aromatic N) is 4. The van der Waals surface area contributed by atoms with E-state index in [0.717, 1.165) is 24.0 Å². The zero-order valence-corrected chi connectivity index (χ0v) is 15.6. The van der Waals surface area contributed by atoms with Crippen LogP contribution in [-0.4, -0.2) is 24.0 Å². The number of halogens is 1. The molecule has 4 rings (SSSR count). The summed E-state index contributed by atoms with van der Waals surface area (Å²) in [5, 5.41) is 30.4. The minimum Gasteiger partial charge on any atom is -0.399 e. The van der Waals surface area contributed by atoms with E-state index in [4.69, 9.17) is 17.3 Å². The zero-order chi connectivity index (χ0) is 19.3. The molecule has 2 heterocycles. The second kappa shape index (κ2) is 6.14. The highest BCUT2D eigenvalue weighted by atomic mass is 35.5. The summed E-state index contributed by atoms with van der Waals surface area (Å²) in [6, 6.07) is 14.3. The lowest BCUT2D eigenvalue weighted by Crippen LogP contribution is -2.51. The summed E-state index contributed by atoms with van der Waals surface area (Å²) < 4.78 is 0. The first-order valence-corrected chi connectivity index (χ1v) is 9.28. The van der Waals surface area contributed by atoms with Crippen molar-refractivity contribution in [2.45, 2.75) is 30.8 Å². The van der Waals surface area contributed by atoms with Crippen molar-refractivity contribution in [1.29, 1.82) is 15.8 Å². The molecule has 1 aromatic carbocycles. The highest BCUT2D eigenvalue weighted by molar-refractivity contribution is 6.30. The summed E-state index contributed by atoms with van der Waals surface area (Å²) in [4.78, 5) is 2.30. The van der Waals surface area contributed by atoms with Gasteiger partial charge in [-0.2, -0.15) is 15.8 Å². The van der Waals surface area contributed by atoms with Gasteiger partial charge in [0.15, 0.2) is 0 Å². The highest BCUT2D eigenvalue weighted by Crippen LogP contribution is 2.57. The van der Waals surface area contributed by atoms with Gasteiger partial charge in [0.1, 0.15) is 0 Å². The third-order valence-electron chi connectivity index (χ3n) is 6.43.